The fourth-order valence-corrected chi connectivity index (χ4v) is 4.09. The number of aromatic amines is 1. The van der Waals surface area contributed by atoms with Crippen LogP contribution in [-0.2, 0) is 6.54 Å². The minimum absolute atomic E-state index is 0.543. The molecule has 20 heavy (non-hydrogen) atoms. The fourth-order valence-electron chi connectivity index (χ4n) is 4.09. The quantitative estimate of drug-likeness (QED) is 0.926. The molecular weight excluding hydrogens is 246 g/mol. The zero-order chi connectivity index (χ0) is 13.4. The molecule has 4 rings (SSSR count). The van der Waals surface area contributed by atoms with Gasteiger partial charge in [0.05, 0.1) is 6.33 Å². The van der Waals surface area contributed by atoms with E-state index < -0.39 is 0 Å². The average molecular weight is 267 g/mol. The minimum Gasteiger partial charge on any atom is -0.347 e. The molecule has 1 aliphatic heterocycles. The molecule has 1 atom stereocenters. The molecule has 2 fully saturated rings. The highest BCUT2D eigenvalue weighted by atomic mass is 15.2. The predicted molar refractivity (Wildman–Crippen MR) is 79.3 cm³/mol. The summed E-state index contributed by atoms with van der Waals surface area (Å²) in [7, 11) is 0. The zero-order valence-corrected chi connectivity index (χ0v) is 11.8. The maximum atomic E-state index is 4.13. The van der Waals surface area contributed by atoms with Crippen LogP contribution in [0.1, 0.15) is 36.4 Å². The summed E-state index contributed by atoms with van der Waals surface area (Å²) in [6.07, 6.45) is 7.92. The van der Waals surface area contributed by atoms with E-state index in [2.05, 4.69) is 45.2 Å². The second-order valence-corrected chi connectivity index (χ2v) is 6.43. The first-order valence-electron chi connectivity index (χ1n) is 7.60. The third kappa shape index (κ3) is 1.97. The number of aromatic nitrogens is 2. The number of nitrogens with zero attached hydrogens (tertiary/aromatic N) is 2. The third-order valence-electron chi connectivity index (χ3n) is 5.22. The molecule has 0 bridgehead atoms. The number of nitrogens with one attached hydrogen (secondary N) is 1. The van der Waals surface area contributed by atoms with E-state index >= 15 is 0 Å². The fraction of sp³-hybridized carbons (Fsp3) is 0.471. The standard InChI is InChI=1S/C17H21N3/c1-2-5-14(6-3-1)16-11-20(10-15-9-18-13-19-15)12-17(16)7-4-8-17/h1-3,5-6,9,13,16H,4,7-8,10-12H2,(H,18,19). The van der Waals surface area contributed by atoms with Gasteiger partial charge in [0.25, 0.3) is 0 Å². The van der Waals surface area contributed by atoms with E-state index in [9.17, 15) is 0 Å². The predicted octanol–water partition coefficient (Wildman–Crippen LogP) is 3.18. The van der Waals surface area contributed by atoms with Crippen molar-refractivity contribution in [3.8, 4) is 0 Å². The molecule has 3 heteroatoms. The first-order chi connectivity index (χ1) is 9.86. The van der Waals surface area contributed by atoms with Crippen LogP contribution in [0.25, 0.3) is 0 Å². The molecule has 1 saturated heterocycles. The molecule has 1 spiro atoms. The van der Waals surface area contributed by atoms with Crippen molar-refractivity contribution in [2.24, 2.45) is 5.41 Å². The van der Waals surface area contributed by atoms with E-state index in [0.717, 1.165) is 6.54 Å². The second-order valence-electron chi connectivity index (χ2n) is 6.43. The lowest BCUT2D eigenvalue weighted by atomic mass is 9.61. The van der Waals surface area contributed by atoms with Crippen molar-refractivity contribution in [3.05, 3.63) is 54.1 Å². The Balaban J connectivity index is 1.56. The molecule has 1 aromatic heterocycles. The van der Waals surface area contributed by atoms with E-state index in [4.69, 9.17) is 0 Å². The summed E-state index contributed by atoms with van der Waals surface area (Å²) in [6.45, 7) is 3.43. The van der Waals surface area contributed by atoms with Crippen LogP contribution in [0.2, 0.25) is 0 Å². The lowest BCUT2D eigenvalue weighted by molar-refractivity contribution is 0.120. The summed E-state index contributed by atoms with van der Waals surface area (Å²) in [6, 6.07) is 11.1. The van der Waals surface area contributed by atoms with Crippen molar-refractivity contribution in [3.63, 3.8) is 0 Å². The average Bonchev–Trinajstić information content (AvgIpc) is 3.07. The molecule has 1 aliphatic carbocycles. The maximum absolute atomic E-state index is 4.13. The third-order valence-corrected chi connectivity index (χ3v) is 5.22. The van der Waals surface area contributed by atoms with Crippen molar-refractivity contribution in [1.29, 1.82) is 0 Å². The topological polar surface area (TPSA) is 31.9 Å². The Hall–Kier alpha value is -1.61. The maximum Gasteiger partial charge on any atom is 0.0922 e. The van der Waals surface area contributed by atoms with Crippen LogP contribution in [0, 0.1) is 5.41 Å². The van der Waals surface area contributed by atoms with Crippen molar-refractivity contribution >= 4 is 0 Å². The molecule has 3 nitrogen and oxygen atoms in total. The van der Waals surface area contributed by atoms with Gasteiger partial charge in [-0.25, -0.2) is 4.98 Å². The van der Waals surface area contributed by atoms with Gasteiger partial charge < -0.3 is 4.98 Å². The number of hydrogen-bond acceptors (Lipinski definition) is 2. The summed E-state index contributed by atoms with van der Waals surface area (Å²) in [5, 5.41) is 0. The van der Waals surface area contributed by atoms with Crippen LogP contribution in [0.3, 0.4) is 0 Å². The molecular formula is C17H21N3. The summed E-state index contributed by atoms with van der Waals surface area (Å²) >= 11 is 0. The summed E-state index contributed by atoms with van der Waals surface area (Å²) in [5.74, 6) is 0.709. The molecule has 1 saturated carbocycles. The van der Waals surface area contributed by atoms with Gasteiger partial charge in [-0.2, -0.15) is 0 Å². The van der Waals surface area contributed by atoms with Crippen LogP contribution < -0.4 is 0 Å². The SMILES string of the molecule is c1ccc(C2CN(Cc3cnc[nH]3)CC23CCC3)cc1. The Kier molecular flexibility index (Phi) is 2.88. The smallest absolute Gasteiger partial charge is 0.0922 e. The highest BCUT2D eigenvalue weighted by Gasteiger charge is 2.50. The minimum atomic E-state index is 0.543. The molecule has 1 unspecified atom stereocenters. The second kappa shape index (κ2) is 4.74. The monoisotopic (exact) mass is 267 g/mol. The van der Waals surface area contributed by atoms with Crippen LogP contribution in [-0.4, -0.2) is 28.0 Å². The van der Waals surface area contributed by atoms with E-state index in [1.165, 1.54) is 43.6 Å². The number of benzene rings is 1. The van der Waals surface area contributed by atoms with Crippen molar-refractivity contribution in [1.82, 2.24) is 14.9 Å². The number of likely N-dealkylation sites (tertiary alicyclic amines) is 1. The molecule has 1 aromatic carbocycles. The lowest BCUT2D eigenvalue weighted by Crippen LogP contribution is -2.36. The van der Waals surface area contributed by atoms with E-state index in [0.29, 0.717) is 11.3 Å². The van der Waals surface area contributed by atoms with Gasteiger partial charge in [0, 0.05) is 37.4 Å². The van der Waals surface area contributed by atoms with Gasteiger partial charge in [-0.05, 0) is 23.8 Å². The van der Waals surface area contributed by atoms with Crippen molar-refractivity contribution < 1.29 is 0 Å². The Bertz CT molecular complexity index is 557. The molecule has 0 radical (unpaired) electrons. The Morgan fingerprint density at radius 1 is 1.25 bits per heavy atom. The largest absolute Gasteiger partial charge is 0.347 e. The van der Waals surface area contributed by atoms with Crippen LogP contribution in [0.4, 0.5) is 0 Å². The highest BCUT2D eigenvalue weighted by Crippen LogP contribution is 2.55. The summed E-state index contributed by atoms with van der Waals surface area (Å²) in [5.41, 5.74) is 3.30. The molecule has 104 valence electrons. The van der Waals surface area contributed by atoms with Gasteiger partial charge in [0.2, 0.25) is 0 Å². The Labute approximate surface area is 120 Å². The number of hydrogen-bond donors (Lipinski definition) is 1. The summed E-state index contributed by atoms with van der Waals surface area (Å²) < 4.78 is 0. The van der Waals surface area contributed by atoms with Gasteiger partial charge in [-0.15, -0.1) is 0 Å². The van der Waals surface area contributed by atoms with E-state index in [-0.39, 0.29) is 0 Å². The van der Waals surface area contributed by atoms with Crippen LogP contribution in [0.15, 0.2) is 42.9 Å². The molecule has 2 aromatic rings. The summed E-state index contributed by atoms with van der Waals surface area (Å²) in [4.78, 5) is 9.96. The van der Waals surface area contributed by atoms with Gasteiger partial charge in [0.15, 0.2) is 0 Å². The molecule has 0 amide bonds. The first-order valence-corrected chi connectivity index (χ1v) is 7.60. The first kappa shape index (κ1) is 12.2. The normalized spacial score (nSPS) is 24.9. The van der Waals surface area contributed by atoms with E-state index in [1.807, 2.05) is 6.20 Å². The number of imidazole rings is 1. The van der Waals surface area contributed by atoms with Crippen molar-refractivity contribution in [2.75, 3.05) is 13.1 Å². The Morgan fingerprint density at radius 3 is 2.75 bits per heavy atom. The zero-order valence-electron chi connectivity index (χ0n) is 11.8. The van der Waals surface area contributed by atoms with Gasteiger partial charge in [-0.3, -0.25) is 4.90 Å². The number of H-pyrrole nitrogens is 1. The number of rotatable bonds is 3. The van der Waals surface area contributed by atoms with Crippen LogP contribution >= 0.6 is 0 Å². The molecule has 2 heterocycles. The molecule has 2 aliphatic rings. The van der Waals surface area contributed by atoms with Crippen LogP contribution in [0.5, 0.6) is 0 Å². The lowest BCUT2D eigenvalue weighted by Gasteiger charge is -2.43. The highest BCUT2D eigenvalue weighted by molar-refractivity contribution is 5.26. The van der Waals surface area contributed by atoms with Gasteiger partial charge in [0.1, 0.15) is 0 Å². The molecule has 1 N–H and O–H groups in total. The Morgan fingerprint density at radius 2 is 2.10 bits per heavy atom. The van der Waals surface area contributed by atoms with Gasteiger partial charge >= 0.3 is 0 Å². The van der Waals surface area contributed by atoms with Gasteiger partial charge in [-0.1, -0.05) is 36.8 Å². The van der Waals surface area contributed by atoms with Crippen molar-refractivity contribution in [2.45, 2.75) is 31.7 Å². The van der Waals surface area contributed by atoms with E-state index in [1.54, 1.807) is 6.33 Å².